The molecule has 1 saturated heterocycles. The van der Waals surface area contributed by atoms with E-state index in [0.29, 0.717) is 24.5 Å². The molecular weight excluding hydrogens is 376 g/mol. The van der Waals surface area contributed by atoms with Crippen LogP contribution in [0.3, 0.4) is 0 Å². The molecule has 0 radical (unpaired) electrons. The molecule has 1 N–H and O–H groups in total. The maximum atomic E-state index is 12.8. The van der Waals surface area contributed by atoms with Gasteiger partial charge in [-0.2, -0.15) is 4.31 Å². The Morgan fingerprint density at radius 3 is 2.50 bits per heavy atom. The summed E-state index contributed by atoms with van der Waals surface area (Å²) >= 11 is 0. The average Bonchev–Trinajstić information content (AvgIpc) is 2.69. The molecule has 7 heteroatoms. The SMILES string of the molecule is Cc1cccc(O[C@@H](C)C(=O)Nc2cccc(S(=O)(=O)N3CCCCC3)c2)c1. The number of amides is 1. The molecule has 28 heavy (non-hydrogen) atoms. The minimum Gasteiger partial charge on any atom is -0.481 e. The van der Waals surface area contributed by atoms with Crippen molar-refractivity contribution in [3.05, 3.63) is 54.1 Å². The van der Waals surface area contributed by atoms with Crippen molar-refractivity contribution < 1.29 is 17.9 Å². The first kappa shape index (κ1) is 20.4. The lowest BCUT2D eigenvalue weighted by Crippen LogP contribution is -2.35. The molecule has 1 aliphatic heterocycles. The summed E-state index contributed by atoms with van der Waals surface area (Å²) in [6.07, 6.45) is 2.10. The van der Waals surface area contributed by atoms with Crippen molar-refractivity contribution in [1.82, 2.24) is 4.31 Å². The molecular formula is C21H26N2O4S. The van der Waals surface area contributed by atoms with E-state index >= 15 is 0 Å². The van der Waals surface area contributed by atoms with Gasteiger partial charge in [0.05, 0.1) is 4.90 Å². The number of benzene rings is 2. The van der Waals surface area contributed by atoms with Crippen LogP contribution in [0.5, 0.6) is 5.75 Å². The number of sulfonamides is 1. The minimum atomic E-state index is -3.54. The normalized spacial score (nSPS) is 16.4. The zero-order chi connectivity index (χ0) is 20.1. The zero-order valence-corrected chi connectivity index (χ0v) is 17.0. The largest absolute Gasteiger partial charge is 0.481 e. The summed E-state index contributed by atoms with van der Waals surface area (Å²) in [5.41, 5.74) is 1.48. The number of ether oxygens (including phenoxy) is 1. The van der Waals surface area contributed by atoms with E-state index in [1.807, 2.05) is 25.1 Å². The lowest BCUT2D eigenvalue weighted by Gasteiger charge is -2.26. The van der Waals surface area contributed by atoms with Gasteiger partial charge in [-0.1, -0.05) is 24.6 Å². The second kappa shape index (κ2) is 8.75. The highest BCUT2D eigenvalue weighted by Gasteiger charge is 2.26. The fourth-order valence-electron chi connectivity index (χ4n) is 3.18. The molecule has 0 unspecified atom stereocenters. The molecule has 0 bridgehead atoms. The summed E-state index contributed by atoms with van der Waals surface area (Å²) in [6.45, 7) is 4.69. The lowest BCUT2D eigenvalue weighted by atomic mass is 10.2. The summed E-state index contributed by atoms with van der Waals surface area (Å²) in [5, 5.41) is 2.75. The van der Waals surface area contributed by atoms with Crippen molar-refractivity contribution in [3.63, 3.8) is 0 Å². The molecule has 0 saturated carbocycles. The Labute approximate surface area is 166 Å². The van der Waals surface area contributed by atoms with Gasteiger partial charge in [-0.05, 0) is 62.6 Å². The van der Waals surface area contributed by atoms with Gasteiger partial charge in [0.15, 0.2) is 6.10 Å². The number of aryl methyl sites for hydroxylation is 1. The Bertz CT molecular complexity index is 937. The summed E-state index contributed by atoms with van der Waals surface area (Å²) < 4.78 is 32.8. The number of piperidine rings is 1. The van der Waals surface area contributed by atoms with E-state index in [1.165, 1.54) is 10.4 Å². The summed E-state index contributed by atoms with van der Waals surface area (Å²) in [4.78, 5) is 12.7. The number of nitrogens with zero attached hydrogens (tertiary/aromatic N) is 1. The Kier molecular flexibility index (Phi) is 6.36. The fraction of sp³-hybridized carbons (Fsp3) is 0.381. The molecule has 2 aromatic carbocycles. The summed E-state index contributed by atoms with van der Waals surface area (Å²) in [7, 11) is -3.54. The van der Waals surface area contributed by atoms with Gasteiger partial charge >= 0.3 is 0 Å². The van der Waals surface area contributed by atoms with Crippen molar-refractivity contribution >= 4 is 21.6 Å². The Hall–Kier alpha value is -2.38. The first-order valence-electron chi connectivity index (χ1n) is 9.51. The molecule has 1 aliphatic rings. The quantitative estimate of drug-likeness (QED) is 0.801. The number of hydrogen-bond donors (Lipinski definition) is 1. The minimum absolute atomic E-state index is 0.194. The van der Waals surface area contributed by atoms with E-state index in [-0.39, 0.29) is 10.8 Å². The van der Waals surface area contributed by atoms with Crippen molar-refractivity contribution in [2.75, 3.05) is 18.4 Å². The van der Waals surface area contributed by atoms with Crippen LogP contribution < -0.4 is 10.1 Å². The van der Waals surface area contributed by atoms with Gasteiger partial charge in [-0.25, -0.2) is 8.42 Å². The second-order valence-electron chi connectivity index (χ2n) is 7.06. The van der Waals surface area contributed by atoms with E-state index in [0.717, 1.165) is 24.8 Å². The van der Waals surface area contributed by atoms with Gasteiger partial charge in [0, 0.05) is 18.8 Å². The van der Waals surface area contributed by atoms with Crippen LogP contribution in [0, 0.1) is 6.92 Å². The van der Waals surface area contributed by atoms with E-state index in [9.17, 15) is 13.2 Å². The van der Waals surface area contributed by atoms with Crippen LogP contribution in [0.2, 0.25) is 0 Å². The topological polar surface area (TPSA) is 75.7 Å². The molecule has 0 aromatic heterocycles. The molecule has 1 fully saturated rings. The predicted molar refractivity (Wildman–Crippen MR) is 109 cm³/mol. The third-order valence-corrected chi connectivity index (χ3v) is 6.62. The van der Waals surface area contributed by atoms with E-state index in [2.05, 4.69) is 5.32 Å². The Morgan fingerprint density at radius 2 is 1.79 bits per heavy atom. The lowest BCUT2D eigenvalue weighted by molar-refractivity contribution is -0.122. The molecule has 150 valence electrons. The van der Waals surface area contributed by atoms with Gasteiger partial charge in [-0.15, -0.1) is 0 Å². The molecule has 2 aromatic rings. The molecule has 1 atom stereocenters. The molecule has 1 heterocycles. The van der Waals surface area contributed by atoms with Gasteiger partial charge in [0.2, 0.25) is 10.0 Å². The van der Waals surface area contributed by atoms with E-state index < -0.39 is 16.1 Å². The van der Waals surface area contributed by atoms with E-state index in [1.54, 1.807) is 31.2 Å². The number of nitrogens with one attached hydrogen (secondary N) is 1. The average molecular weight is 403 g/mol. The second-order valence-corrected chi connectivity index (χ2v) is 9.00. The zero-order valence-electron chi connectivity index (χ0n) is 16.2. The third-order valence-electron chi connectivity index (χ3n) is 4.73. The predicted octanol–water partition coefficient (Wildman–Crippen LogP) is 3.58. The Balaban J connectivity index is 1.69. The van der Waals surface area contributed by atoms with Crippen molar-refractivity contribution in [2.24, 2.45) is 0 Å². The monoisotopic (exact) mass is 402 g/mol. The highest BCUT2D eigenvalue weighted by atomic mass is 32.2. The summed E-state index contributed by atoms with van der Waals surface area (Å²) in [6, 6.07) is 13.8. The van der Waals surface area contributed by atoms with Crippen LogP contribution in [0.1, 0.15) is 31.7 Å². The fourth-order valence-corrected chi connectivity index (χ4v) is 4.74. The molecule has 0 spiro atoms. The van der Waals surface area contributed by atoms with Crippen LogP contribution >= 0.6 is 0 Å². The first-order valence-corrected chi connectivity index (χ1v) is 10.9. The maximum Gasteiger partial charge on any atom is 0.265 e. The summed E-state index contributed by atoms with van der Waals surface area (Å²) in [5.74, 6) is 0.276. The van der Waals surface area contributed by atoms with Crippen LogP contribution in [-0.2, 0) is 14.8 Å². The smallest absolute Gasteiger partial charge is 0.265 e. The Morgan fingerprint density at radius 1 is 1.07 bits per heavy atom. The maximum absolute atomic E-state index is 12.8. The van der Waals surface area contributed by atoms with Crippen molar-refractivity contribution in [1.29, 1.82) is 0 Å². The molecule has 1 amide bonds. The number of rotatable bonds is 6. The van der Waals surface area contributed by atoms with Crippen LogP contribution in [-0.4, -0.2) is 37.8 Å². The number of anilines is 1. The highest BCUT2D eigenvalue weighted by molar-refractivity contribution is 7.89. The van der Waals surface area contributed by atoms with Gasteiger partial charge in [-0.3, -0.25) is 4.79 Å². The van der Waals surface area contributed by atoms with Crippen LogP contribution in [0.4, 0.5) is 5.69 Å². The van der Waals surface area contributed by atoms with Gasteiger partial charge in [0.25, 0.3) is 5.91 Å². The first-order chi connectivity index (χ1) is 13.4. The molecule has 0 aliphatic carbocycles. The molecule has 6 nitrogen and oxygen atoms in total. The number of carbonyl (C=O) groups excluding carboxylic acids is 1. The third kappa shape index (κ3) is 4.91. The number of carbonyl (C=O) groups is 1. The number of hydrogen-bond acceptors (Lipinski definition) is 4. The van der Waals surface area contributed by atoms with Gasteiger partial charge in [0.1, 0.15) is 5.75 Å². The van der Waals surface area contributed by atoms with Gasteiger partial charge < -0.3 is 10.1 Å². The highest BCUT2D eigenvalue weighted by Crippen LogP contribution is 2.23. The molecule has 3 rings (SSSR count). The van der Waals surface area contributed by atoms with Crippen molar-refractivity contribution in [3.8, 4) is 5.75 Å². The van der Waals surface area contributed by atoms with Crippen molar-refractivity contribution in [2.45, 2.75) is 44.1 Å². The standard InChI is InChI=1S/C21H26N2O4S/c1-16-8-6-10-19(14-16)27-17(2)21(24)22-18-9-7-11-20(15-18)28(25,26)23-12-4-3-5-13-23/h6-11,14-15,17H,3-5,12-13H2,1-2H3,(H,22,24)/t17-/m0/s1. The van der Waals surface area contributed by atoms with Crippen LogP contribution in [0.15, 0.2) is 53.4 Å². The van der Waals surface area contributed by atoms with E-state index in [4.69, 9.17) is 4.74 Å². The van der Waals surface area contributed by atoms with Crippen LogP contribution in [0.25, 0.3) is 0 Å².